The first kappa shape index (κ1) is 15.9. The lowest BCUT2D eigenvalue weighted by atomic mass is 10.1. The standard InChI is InChI=1S/C15H24FNO2/c1-5-15(4,18)10-19-14-12(9-17-11(2)3)7-6-8-13(14)16/h6-8,11,17-18H,5,9-10H2,1-4H3. The highest BCUT2D eigenvalue weighted by Gasteiger charge is 2.20. The molecule has 2 N–H and O–H groups in total. The van der Waals surface area contributed by atoms with Gasteiger partial charge in [-0.25, -0.2) is 4.39 Å². The fraction of sp³-hybridized carbons (Fsp3) is 0.600. The second-order valence-corrected chi connectivity index (χ2v) is 5.40. The molecule has 0 aromatic heterocycles. The van der Waals surface area contributed by atoms with Crippen molar-refractivity contribution in [1.29, 1.82) is 0 Å². The molecule has 108 valence electrons. The fourth-order valence-electron chi connectivity index (χ4n) is 1.50. The van der Waals surface area contributed by atoms with Crippen molar-refractivity contribution in [2.45, 2.75) is 52.3 Å². The largest absolute Gasteiger partial charge is 0.487 e. The van der Waals surface area contributed by atoms with Crippen molar-refractivity contribution < 1.29 is 14.2 Å². The number of rotatable bonds is 7. The van der Waals surface area contributed by atoms with Gasteiger partial charge in [-0.05, 0) is 19.4 Å². The highest BCUT2D eigenvalue weighted by molar-refractivity contribution is 5.35. The molecule has 1 unspecified atom stereocenters. The van der Waals surface area contributed by atoms with Gasteiger partial charge in [-0.3, -0.25) is 0 Å². The molecular weight excluding hydrogens is 245 g/mol. The van der Waals surface area contributed by atoms with E-state index >= 15 is 0 Å². The Balaban J connectivity index is 2.80. The van der Waals surface area contributed by atoms with Crippen LogP contribution in [0.2, 0.25) is 0 Å². The Morgan fingerprint density at radius 3 is 2.68 bits per heavy atom. The topological polar surface area (TPSA) is 41.5 Å². The molecule has 0 spiro atoms. The third-order valence-corrected chi connectivity index (χ3v) is 3.04. The highest BCUT2D eigenvalue weighted by Crippen LogP contribution is 2.24. The Bertz CT molecular complexity index is 405. The zero-order chi connectivity index (χ0) is 14.5. The van der Waals surface area contributed by atoms with Crippen molar-refractivity contribution in [3.8, 4) is 5.75 Å². The van der Waals surface area contributed by atoms with Crippen molar-refractivity contribution in [2.24, 2.45) is 0 Å². The molecular formula is C15H24FNO2. The molecule has 0 heterocycles. The van der Waals surface area contributed by atoms with E-state index in [1.165, 1.54) is 6.07 Å². The monoisotopic (exact) mass is 269 g/mol. The summed E-state index contributed by atoms with van der Waals surface area (Å²) in [7, 11) is 0. The number of para-hydroxylation sites is 1. The Hall–Kier alpha value is -1.13. The normalized spacial score (nSPS) is 14.5. The lowest BCUT2D eigenvalue weighted by Crippen LogP contribution is -2.32. The molecule has 19 heavy (non-hydrogen) atoms. The minimum atomic E-state index is -0.939. The van der Waals surface area contributed by atoms with Gasteiger partial charge in [-0.2, -0.15) is 0 Å². The first-order chi connectivity index (χ1) is 8.85. The molecule has 0 radical (unpaired) electrons. The van der Waals surface area contributed by atoms with Crippen LogP contribution in [0.1, 0.15) is 39.7 Å². The van der Waals surface area contributed by atoms with E-state index in [0.717, 1.165) is 5.56 Å². The zero-order valence-electron chi connectivity index (χ0n) is 12.2. The molecule has 0 aliphatic heterocycles. The molecule has 0 fully saturated rings. The minimum Gasteiger partial charge on any atom is -0.487 e. The lowest BCUT2D eigenvalue weighted by molar-refractivity contribution is 0.00699. The van der Waals surface area contributed by atoms with E-state index in [9.17, 15) is 9.50 Å². The summed E-state index contributed by atoms with van der Waals surface area (Å²) in [6.07, 6.45) is 0.557. The fourth-order valence-corrected chi connectivity index (χ4v) is 1.50. The van der Waals surface area contributed by atoms with Crippen LogP contribution in [0.4, 0.5) is 4.39 Å². The van der Waals surface area contributed by atoms with Crippen LogP contribution in [-0.2, 0) is 6.54 Å². The van der Waals surface area contributed by atoms with E-state index < -0.39 is 11.4 Å². The van der Waals surface area contributed by atoms with E-state index in [0.29, 0.717) is 19.0 Å². The SMILES string of the molecule is CCC(C)(O)COc1c(F)cccc1CNC(C)C. The molecule has 4 heteroatoms. The van der Waals surface area contributed by atoms with Crippen LogP contribution in [0.15, 0.2) is 18.2 Å². The van der Waals surface area contributed by atoms with Crippen molar-refractivity contribution in [3.63, 3.8) is 0 Å². The zero-order valence-corrected chi connectivity index (χ0v) is 12.2. The number of aliphatic hydroxyl groups is 1. The minimum absolute atomic E-state index is 0.0825. The summed E-state index contributed by atoms with van der Waals surface area (Å²) in [5.41, 5.74) is -0.175. The van der Waals surface area contributed by atoms with Gasteiger partial charge in [0.1, 0.15) is 6.61 Å². The third kappa shape index (κ3) is 5.17. The number of hydrogen-bond donors (Lipinski definition) is 2. The maximum absolute atomic E-state index is 13.8. The van der Waals surface area contributed by atoms with Gasteiger partial charge in [0, 0.05) is 18.2 Å². The smallest absolute Gasteiger partial charge is 0.165 e. The Morgan fingerprint density at radius 2 is 2.11 bits per heavy atom. The summed E-state index contributed by atoms with van der Waals surface area (Å²) in [4.78, 5) is 0. The average Bonchev–Trinajstić information content (AvgIpc) is 2.35. The quantitative estimate of drug-likeness (QED) is 0.799. The van der Waals surface area contributed by atoms with Gasteiger partial charge in [-0.15, -0.1) is 0 Å². The molecule has 0 saturated carbocycles. The second-order valence-electron chi connectivity index (χ2n) is 5.40. The van der Waals surface area contributed by atoms with Gasteiger partial charge >= 0.3 is 0 Å². The highest BCUT2D eigenvalue weighted by atomic mass is 19.1. The van der Waals surface area contributed by atoms with Crippen molar-refractivity contribution in [1.82, 2.24) is 5.32 Å². The number of nitrogens with one attached hydrogen (secondary N) is 1. The van der Waals surface area contributed by atoms with Crippen molar-refractivity contribution in [3.05, 3.63) is 29.6 Å². The van der Waals surface area contributed by atoms with Crippen LogP contribution in [0, 0.1) is 5.82 Å². The van der Waals surface area contributed by atoms with Crippen LogP contribution in [0.3, 0.4) is 0 Å². The number of hydrogen-bond acceptors (Lipinski definition) is 3. The van der Waals surface area contributed by atoms with Gasteiger partial charge in [-0.1, -0.05) is 32.9 Å². The van der Waals surface area contributed by atoms with Gasteiger partial charge < -0.3 is 15.2 Å². The summed E-state index contributed by atoms with van der Waals surface area (Å²) < 4.78 is 19.3. The molecule has 1 atom stereocenters. The van der Waals surface area contributed by atoms with Gasteiger partial charge in [0.05, 0.1) is 5.60 Å². The lowest BCUT2D eigenvalue weighted by Gasteiger charge is -2.23. The molecule has 0 bridgehead atoms. The van der Waals surface area contributed by atoms with Crippen LogP contribution in [0.25, 0.3) is 0 Å². The summed E-state index contributed by atoms with van der Waals surface area (Å²) >= 11 is 0. The Kier molecular flexibility index (Phi) is 5.76. The van der Waals surface area contributed by atoms with Gasteiger partial charge in [0.2, 0.25) is 0 Å². The molecule has 1 aromatic carbocycles. The molecule has 3 nitrogen and oxygen atoms in total. The summed E-state index contributed by atoms with van der Waals surface area (Å²) in [6, 6.07) is 5.18. The summed E-state index contributed by atoms with van der Waals surface area (Å²) in [5, 5.41) is 13.2. The first-order valence-electron chi connectivity index (χ1n) is 6.71. The van der Waals surface area contributed by atoms with E-state index in [1.807, 2.05) is 26.8 Å². The van der Waals surface area contributed by atoms with E-state index in [4.69, 9.17) is 4.74 Å². The maximum atomic E-state index is 13.8. The van der Waals surface area contributed by atoms with Crippen LogP contribution in [-0.4, -0.2) is 23.4 Å². The summed E-state index contributed by atoms with van der Waals surface area (Å²) in [5.74, 6) is -0.167. The second kappa shape index (κ2) is 6.87. The predicted octanol–water partition coefficient (Wildman–Crippen LogP) is 2.86. The number of ether oxygens (including phenoxy) is 1. The summed E-state index contributed by atoms with van der Waals surface area (Å²) in [6.45, 7) is 8.23. The average molecular weight is 269 g/mol. The molecule has 0 aliphatic carbocycles. The number of benzene rings is 1. The molecule has 0 aliphatic rings. The van der Waals surface area contributed by atoms with E-state index in [-0.39, 0.29) is 12.4 Å². The van der Waals surface area contributed by atoms with E-state index in [1.54, 1.807) is 13.0 Å². The molecule has 1 rings (SSSR count). The van der Waals surface area contributed by atoms with Gasteiger partial charge in [0.25, 0.3) is 0 Å². The molecule has 1 aromatic rings. The van der Waals surface area contributed by atoms with Crippen LogP contribution >= 0.6 is 0 Å². The predicted molar refractivity (Wildman–Crippen MR) is 74.8 cm³/mol. The van der Waals surface area contributed by atoms with Crippen molar-refractivity contribution >= 4 is 0 Å². The Labute approximate surface area is 114 Å². The van der Waals surface area contributed by atoms with Crippen molar-refractivity contribution in [2.75, 3.05) is 6.61 Å². The van der Waals surface area contributed by atoms with Crippen LogP contribution in [0.5, 0.6) is 5.75 Å². The third-order valence-electron chi connectivity index (χ3n) is 3.04. The van der Waals surface area contributed by atoms with Gasteiger partial charge in [0.15, 0.2) is 11.6 Å². The number of halogens is 1. The first-order valence-corrected chi connectivity index (χ1v) is 6.71. The Morgan fingerprint density at radius 1 is 1.42 bits per heavy atom. The van der Waals surface area contributed by atoms with E-state index in [2.05, 4.69) is 5.32 Å². The molecule has 0 saturated heterocycles. The maximum Gasteiger partial charge on any atom is 0.165 e. The van der Waals surface area contributed by atoms with Crippen LogP contribution < -0.4 is 10.1 Å². The molecule has 0 amide bonds.